The summed E-state index contributed by atoms with van der Waals surface area (Å²) in [5, 5.41) is 4.76. The molecule has 4 heterocycles. The van der Waals surface area contributed by atoms with E-state index in [1.807, 2.05) is 30.3 Å². The van der Waals surface area contributed by atoms with E-state index in [2.05, 4.69) is 163 Å². The summed E-state index contributed by atoms with van der Waals surface area (Å²) in [6, 6.07) is 42.1. The fourth-order valence-electron chi connectivity index (χ4n) is 9.99. The normalized spacial score (nSPS) is 11.8. The largest absolute Gasteiger partial charge is 0.482 e. The molecule has 10 aromatic rings. The minimum absolute atomic E-state index is 0.0688. The third-order valence-corrected chi connectivity index (χ3v) is 13.1. The number of benzene rings is 6. The number of carbonyl (C=O) groups is 1. The predicted molar refractivity (Wildman–Crippen MR) is 257 cm³/mol. The third-order valence-electron chi connectivity index (χ3n) is 13.1. The number of aryl methyl sites for hydroxylation is 4. The number of hydrogen-bond acceptors (Lipinski definition) is 3. The average Bonchev–Trinajstić information content (AvgIpc) is 4.15. The quantitative estimate of drug-likeness (QED) is 0.0649. The second kappa shape index (κ2) is 16.9. The van der Waals surface area contributed by atoms with E-state index in [-0.39, 0.29) is 18.4 Å². The van der Waals surface area contributed by atoms with Gasteiger partial charge < -0.3 is 29.4 Å². The third kappa shape index (κ3) is 7.07. The first-order chi connectivity index (χ1) is 31.0. The molecule has 0 radical (unpaired) electrons. The second-order valence-electron chi connectivity index (χ2n) is 16.5. The Morgan fingerprint density at radius 1 is 0.444 bits per heavy atom. The van der Waals surface area contributed by atoms with Crippen LogP contribution in [0.15, 0.2) is 146 Å². The second-order valence-corrected chi connectivity index (χ2v) is 16.5. The van der Waals surface area contributed by atoms with Crippen LogP contribution in [-0.4, -0.2) is 32.5 Å². The molecule has 7 nitrogen and oxygen atoms in total. The zero-order chi connectivity index (χ0) is 43.0. The molecule has 0 fully saturated rings. The molecule has 10 rings (SSSR count). The summed E-state index contributed by atoms with van der Waals surface area (Å²) < 4.78 is 12.4. The smallest absolute Gasteiger partial charge is 0.349 e. The molecule has 0 atom stereocenters. The highest BCUT2D eigenvalue weighted by Gasteiger charge is 2.28. The van der Waals surface area contributed by atoms with Crippen LogP contribution in [0.4, 0.5) is 0 Å². The van der Waals surface area contributed by atoms with Crippen molar-refractivity contribution in [3.8, 4) is 11.5 Å². The molecule has 0 aliphatic heterocycles. The van der Waals surface area contributed by atoms with Crippen LogP contribution in [-0.2, 0) is 30.5 Å². The lowest BCUT2D eigenvalue weighted by atomic mass is 9.83. The molecule has 63 heavy (non-hydrogen) atoms. The summed E-state index contributed by atoms with van der Waals surface area (Å²) in [4.78, 5) is 28.1. The van der Waals surface area contributed by atoms with E-state index in [9.17, 15) is 4.79 Å². The number of aromatic nitrogens is 4. The maximum absolute atomic E-state index is 13.7. The number of hydrogen-bond donors (Lipinski definition) is 4. The summed E-state index contributed by atoms with van der Waals surface area (Å²) in [6.45, 7) is 8.51. The lowest BCUT2D eigenvalue weighted by molar-refractivity contribution is -0.136. The van der Waals surface area contributed by atoms with Crippen LogP contribution < -0.4 is 9.47 Å². The van der Waals surface area contributed by atoms with Crippen molar-refractivity contribution in [1.29, 1.82) is 0 Å². The van der Waals surface area contributed by atoms with Crippen LogP contribution >= 0.6 is 0 Å². The Hall–Kier alpha value is -7.25. The molecule has 314 valence electrons. The predicted octanol–water partition coefficient (Wildman–Crippen LogP) is 13.2. The molecular formula is C56H52N4O3. The summed E-state index contributed by atoms with van der Waals surface area (Å²) in [5.74, 6) is 0.371. The number of ether oxygens (including phenoxy) is 2. The molecular weight excluding hydrogens is 777 g/mol. The van der Waals surface area contributed by atoms with E-state index < -0.39 is 5.97 Å². The molecule has 0 aliphatic rings. The van der Waals surface area contributed by atoms with Crippen molar-refractivity contribution >= 4 is 49.6 Å². The van der Waals surface area contributed by atoms with Gasteiger partial charge in [-0.2, -0.15) is 0 Å². The number of H-pyrrole nitrogens is 4. The van der Waals surface area contributed by atoms with Crippen molar-refractivity contribution < 1.29 is 14.3 Å². The maximum atomic E-state index is 13.7. The molecule has 0 unspecified atom stereocenters. The van der Waals surface area contributed by atoms with E-state index >= 15 is 0 Å². The number of nitrogens with one attached hydrogen (secondary N) is 4. The summed E-state index contributed by atoms with van der Waals surface area (Å²) in [5.41, 5.74) is 16.5. The van der Waals surface area contributed by atoms with E-state index in [0.29, 0.717) is 11.5 Å². The number of fused-ring (bicyclic) bond motifs is 4. The number of aromatic amines is 4. The van der Waals surface area contributed by atoms with E-state index in [1.54, 1.807) is 0 Å². The van der Waals surface area contributed by atoms with Gasteiger partial charge in [0.1, 0.15) is 11.5 Å². The van der Waals surface area contributed by atoms with Crippen molar-refractivity contribution in [2.75, 3.05) is 6.61 Å². The van der Waals surface area contributed by atoms with Gasteiger partial charge in [0.05, 0.1) is 0 Å². The van der Waals surface area contributed by atoms with Gasteiger partial charge in [-0.25, -0.2) is 4.79 Å². The maximum Gasteiger partial charge on any atom is 0.349 e. The highest BCUT2D eigenvalue weighted by Crippen LogP contribution is 2.44. The van der Waals surface area contributed by atoms with Gasteiger partial charge in [0, 0.05) is 85.8 Å². The van der Waals surface area contributed by atoms with Gasteiger partial charge >= 0.3 is 5.97 Å². The topological polar surface area (TPSA) is 98.7 Å². The van der Waals surface area contributed by atoms with Crippen molar-refractivity contribution in [3.63, 3.8) is 0 Å². The summed E-state index contributed by atoms with van der Waals surface area (Å²) >= 11 is 0. The first-order valence-electron chi connectivity index (χ1n) is 22.4. The van der Waals surface area contributed by atoms with Crippen molar-refractivity contribution in [2.24, 2.45) is 0 Å². The molecule has 0 amide bonds. The number of para-hydroxylation sites is 5. The van der Waals surface area contributed by atoms with Gasteiger partial charge in [-0.15, -0.1) is 0 Å². The Kier molecular flexibility index (Phi) is 10.7. The first-order valence-corrected chi connectivity index (χ1v) is 22.4. The molecule has 7 heteroatoms. The monoisotopic (exact) mass is 828 g/mol. The molecule has 4 N–H and O–H groups in total. The van der Waals surface area contributed by atoms with Gasteiger partial charge in [0.25, 0.3) is 0 Å². The number of rotatable bonds is 14. The molecule has 0 saturated carbocycles. The van der Waals surface area contributed by atoms with Crippen molar-refractivity contribution in [1.82, 2.24) is 19.9 Å². The standard InChI is InChI=1S/C56H52N4O3/c1-5-34-15-11-20-40-45(29-57-53(34)40)51(46-30-58-54-35(6-2)16-12-21-41(46)54)38-25-27-39(28-26-38)63-50(61)33-62-49-24-10-9-19-44(49)52(47-31-59-55-36(7-3)17-13-22-42(47)55)48-32-60-56-37(8-4)18-14-23-43(48)56/h9-32,51-52,57-60H,5-8,33H2,1-4H3. The lowest BCUT2D eigenvalue weighted by Crippen LogP contribution is -2.18. The molecule has 0 spiro atoms. The van der Waals surface area contributed by atoms with Gasteiger partial charge in [0.15, 0.2) is 6.61 Å². The van der Waals surface area contributed by atoms with Crippen molar-refractivity contribution in [3.05, 3.63) is 202 Å². The zero-order valence-corrected chi connectivity index (χ0v) is 36.3. The van der Waals surface area contributed by atoms with Crippen LogP contribution in [0, 0.1) is 0 Å². The Balaban J connectivity index is 0.950. The SMILES string of the molecule is CCc1cccc2c(C(c3ccc(OC(=O)COc4ccccc4C(c4c[nH]c5c(CC)cccc45)c4c[nH]c5c(CC)cccc45)cc3)c3c[nH]c4c(CC)cccc34)c[nH]c12. The van der Waals surface area contributed by atoms with Gasteiger partial charge in [-0.3, -0.25) is 0 Å². The van der Waals surface area contributed by atoms with Gasteiger partial charge in [0.2, 0.25) is 0 Å². The molecule has 0 bridgehead atoms. The minimum atomic E-state index is -0.475. The average molecular weight is 829 g/mol. The van der Waals surface area contributed by atoms with Crippen LogP contribution in [0.3, 0.4) is 0 Å². The fraction of sp³-hybridized carbons (Fsp3) is 0.196. The minimum Gasteiger partial charge on any atom is -0.482 e. The molecule has 4 aromatic heterocycles. The van der Waals surface area contributed by atoms with Crippen molar-refractivity contribution in [2.45, 2.75) is 65.2 Å². The number of esters is 1. The molecule has 0 aliphatic carbocycles. The van der Waals surface area contributed by atoms with Crippen LogP contribution in [0.25, 0.3) is 43.6 Å². The van der Waals surface area contributed by atoms with E-state index in [1.165, 1.54) is 66.0 Å². The van der Waals surface area contributed by atoms with Crippen LogP contribution in [0.5, 0.6) is 11.5 Å². The van der Waals surface area contributed by atoms with E-state index in [0.717, 1.165) is 59.0 Å². The Morgan fingerprint density at radius 3 is 1.25 bits per heavy atom. The summed E-state index contributed by atoms with van der Waals surface area (Å²) in [7, 11) is 0. The highest BCUT2D eigenvalue weighted by molar-refractivity contribution is 5.93. The molecule has 0 saturated heterocycles. The van der Waals surface area contributed by atoms with Crippen LogP contribution in [0.2, 0.25) is 0 Å². The fourth-order valence-corrected chi connectivity index (χ4v) is 9.99. The van der Waals surface area contributed by atoms with E-state index in [4.69, 9.17) is 9.47 Å². The highest BCUT2D eigenvalue weighted by atomic mass is 16.6. The number of carbonyl (C=O) groups excluding carboxylic acids is 1. The Morgan fingerprint density at radius 2 is 0.841 bits per heavy atom. The molecule has 6 aromatic carbocycles. The van der Waals surface area contributed by atoms with Crippen LogP contribution in [0.1, 0.15) is 95.2 Å². The Bertz CT molecular complexity index is 3090. The van der Waals surface area contributed by atoms with Gasteiger partial charge in [-0.05, 0) is 94.0 Å². The lowest BCUT2D eigenvalue weighted by Gasteiger charge is -2.21. The first kappa shape index (κ1) is 39.9. The van der Waals surface area contributed by atoms with Gasteiger partial charge in [-0.1, -0.05) is 131 Å². The zero-order valence-electron chi connectivity index (χ0n) is 36.3. The Labute approximate surface area is 367 Å². The summed E-state index contributed by atoms with van der Waals surface area (Å²) in [6.07, 6.45) is 12.3.